The van der Waals surface area contributed by atoms with Gasteiger partial charge in [-0.3, -0.25) is 4.79 Å². The lowest BCUT2D eigenvalue weighted by Crippen LogP contribution is -2.42. The van der Waals surface area contributed by atoms with Crippen molar-refractivity contribution in [3.8, 4) is 0 Å². The van der Waals surface area contributed by atoms with Gasteiger partial charge in [0.2, 0.25) is 10.0 Å². The van der Waals surface area contributed by atoms with Gasteiger partial charge >= 0.3 is 5.97 Å². The van der Waals surface area contributed by atoms with Crippen LogP contribution in [0, 0.1) is 0 Å². The molecule has 1 aromatic rings. The number of carbonyl (C=O) groups is 1. The molecule has 0 amide bonds. The molecule has 6 nitrogen and oxygen atoms in total. The lowest BCUT2D eigenvalue weighted by Gasteiger charge is -2.20. The van der Waals surface area contributed by atoms with Crippen LogP contribution in [0.3, 0.4) is 0 Å². The van der Waals surface area contributed by atoms with Gasteiger partial charge in [0.15, 0.2) is 0 Å². The van der Waals surface area contributed by atoms with Crippen molar-refractivity contribution in [3.63, 3.8) is 0 Å². The van der Waals surface area contributed by atoms with Gasteiger partial charge in [0.05, 0.1) is 11.9 Å². The molecule has 1 saturated heterocycles. The second kappa shape index (κ2) is 5.90. The highest BCUT2D eigenvalue weighted by molar-refractivity contribution is 7.89. The molecule has 2 atom stereocenters. The van der Waals surface area contributed by atoms with E-state index < -0.39 is 28.1 Å². The van der Waals surface area contributed by atoms with E-state index in [-0.39, 0.29) is 18.7 Å². The van der Waals surface area contributed by atoms with E-state index in [1.54, 1.807) is 0 Å². The van der Waals surface area contributed by atoms with E-state index >= 15 is 0 Å². The maximum Gasteiger partial charge on any atom is 0.322 e. The van der Waals surface area contributed by atoms with Gasteiger partial charge in [-0.2, -0.15) is 4.31 Å². The summed E-state index contributed by atoms with van der Waals surface area (Å²) in [5.41, 5.74) is 0.877. The molecule has 1 aliphatic rings. The third-order valence-electron chi connectivity index (χ3n) is 3.37. The Bertz CT molecular complexity index is 572. The first-order valence-electron chi connectivity index (χ1n) is 6.34. The van der Waals surface area contributed by atoms with E-state index in [0.29, 0.717) is 6.42 Å². The first kappa shape index (κ1) is 15.0. The predicted molar refractivity (Wildman–Crippen MR) is 72.7 cm³/mol. The summed E-state index contributed by atoms with van der Waals surface area (Å²) in [7, 11) is -3.69. The van der Waals surface area contributed by atoms with Crippen LogP contribution in [0.1, 0.15) is 12.0 Å². The van der Waals surface area contributed by atoms with Gasteiger partial charge in [-0.05, 0) is 12.0 Å². The molecule has 0 unspecified atom stereocenters. The topological polar surface area (TPSA) is 94.9 Å². The second-order valence-corrected chi connectivity index (χ2v) is 6.91. The lowest BCUT2D eigenvalue weighted by molar-refractivity contribution is -0.140. The summed E-state index contributed by atoms with van der Waals surface area (Å²) >= 11 is 0. The number of hydrogen-bond donors (Lipinski definition) is 2. The molecule has 1 fully saturated rings. The smallest absolute Gasteiger partial charge is 0.322 e. The zero-order valence-electron chi connectivity index (χ0n) is 10.8. The Morgan fingerprint density at radius 1 is 1.30 bits per heavy atom. The monoisotopic (exact) mass is 299 g/mol. The van der Waals surface area contributed by atoms with Crippen LogP contribution in [-0.4, -0.2) is 53.3 Å². The Labute approximate surface area is 117 Å². The molecule has 2 N–H and O–H groups in total. The Morgan fingerprint density at radius 3 is 2.55 bits per heavy atom. The first-order valence-corrected chi connectivity index (χ1v) is 7.95. The first-order chi connectivity index (χ1) is 9.40. The molecule has 20 heavy (non-hydrogen) atoms. The normalized spacial score (nSPS) is 23.9. The van der Waals surface area contributed by atoms with E-state index in [4.69, 9.17) is 5.11 Å². The van der Waals surface area contributed by atoms with Crippen molar-refractivity contribution in [1.82, 2.24) is 4.31 Å². The molecule has 7 heteroatoms. The lowest BCUT2D eigenvalue weighted by atomic mass is 10.2. The van der Waals surface area contributed by atoms with Gasteiger partial charge < -0.3 is 10.2 Å². The number of benzene rings is 1. The van der Waals surface area contributed by atoms with E-state index in [9.17, 15) is 18.3 Å². The fourth-order valence-electron chi connectivity index (χ4n) is 2.32. The maximum absolute atomic E-state index is 12.2. The van der Waals surface area contributed by atoms with Crippen LogP contribution in [-0.2, 0) is 21.2 Å². The van der Waals surface area contributed by atoms with Gasteiger partial charge in [-0.15, -0.1) is 0 Å². The fraction of sp³-hybridized carbons (Fsp3) is 0.462. The van der Waals surface area contributed by atoms with E-state index in [1.165, 1.54) is 0 Å². The van der Waals surface area contributed by atoms with E-state index in [1.807, 2.05) is 30.3 Å². The van der Waals surface area contributed by atoms with Crippen LogP contribution >= 0.6 is 0 Å². The van der Waals surface area contributed by atoms with Crippen molar-refractivity contribution in [3.05, 3.63) is 35.9 Å². The van der Waals surface area contributed by atoms with Crippen molar-refractivity contribution in [1.29, 1.82) is 0 Å². The molecule has 0 spiro atoms. The second-order valence-electron chi connectivity index (χ2n) is 4.86. The number of nitrogens with zero attached hydrogens (tertiary/aromatic N) is 1. The number of carboxylic acid groups (broad SMARTS) is 1. The molecule has 1 heterocycles. The molecule has 1 aliphatic heterocycles. The molecule has 0 radical (unpaired) electrons. The van der Waals surface area contributed by atoms with Gasteiger partial charge in [0, 0.05) is 13.0 Å². The van der Waals surface area contributed by atoms with Crippen LogP contribution in [0.25, 0.3) is 0 Å². The fourth-order valence-corrected chi connectivity index (χ4v) is 4.02. The summed E-state index contributed by atoms with van der Waals surface area (Å²) in [4.78, 5) is 11.1. The average Bonchev–Trinajstić information content (AvgIpc) is 2.81. The van der Waals surface area contributed by atoms with Crippen molar-refractivity contribution >= 4 is 16.0 Å². The van der Waals surface area contributed by atoms with Gasteiger partial charge in [-0.1, -0.05) is 30.3 Å². The number of aryl methyl sites for hydroxylation is 1. The molecule has 0 bridgehead atoms. The van der Waals surface area contributed by atoms with Crippen LogP contribution in [0.2, 0.25) is 0 Å². The van der Waals surface area contributed by atoms with Gasteiger partial charge in [0.1, 0.15) is 6.04 Å². The van der Waals surface area contributed by atoms with Crippen LogP contribution < -0.4 is 0 Å². The average molecular weight is 299 g/mol. The van der Waals surface area contributed by atoms with Crippen molar-refractivity contribution < 1.29 is 23.4 Å². The quantitative estimate of drug-likeness (QED) is 0.803. The number of aliphatic hydroxyl groups excluding tert-OH is 1. The molecular formula is C13H17NO5S. The standard InChI is InChI=1S/C13H17NO5S/c15-11-8-12(13(16)17)14(9-11)20(18,19)7-6-10-4-2-1-3-5-10/h1-5,11-12,15H,6-9H2,(H,16,17)/t11-,12-/m1/s1. The number of aliphatic hydroxyl groups is 1. The SMILES string of the molecule is O=C(O)[C@H]1C[C@@H](O)CN1S(=O)(=O)CCc1ccccc1. The highest BCUT2D eigenvalue weighted by Crippen LogP contribution is 2.22. The highest BCUT2D eigenvalue weighted by atomic mass is 32.2. The summed E-state index contributed by atoms with van der Waals surface area (Å²) in [6.45, 7) is -0.145. The van der Waals surface area contributed by atoms with Crippen LogP contribution in [0.5, 0.6) is 0 Å². The number of sulfonamides is 1. The summed E-state index contributed by atoms with van der Waals surface area (Å²) in [5.74, 6) is -1.38. The molecule has 0 aliphatic carbocycles. The molecule has 0 aromatic heterocycles. The van der Waals surface area contributed by atoms with Crippen molar-refractivity contribution in [2.75, 3.05) is 12.3 Å². The number of hydrogen-bond acceptors (Lipinski definition) is 4. The third kappa shape index (κ3) is 3.36. The predicted octanol–water partition coefficient (Wildman–Crippen LogP) is 0.0787. The zero-order chi connectivity index (χ0) is 14.8. The Kier molecular flexibility index (Phi) is 4.42. The van der Waals surface area contributed by atoms with Crippen LogP contribution in [0.15, 0.2) is 30.3 Å². The molecular weight excluding hydrogens is 282 g/mol. The minimum Gasteiger partial charge on any atom is -0.480 e. The van der Waals surface area contributed by atoms with E-state index in [2.05, 4.69) is 0 Å². The highest BCUT2D eigenvalue weighted by Gasteiger charge is 2.42. The number of carboxylic acids is 1. The van der Waals surface area contributed by atoms with Crippen molar-refractivity contribution in [2.45, 2.75) is 25.0 Å². The number of rotatable bonds is 5. The summed E-state index contributed by atoms with van der Waals surface area (Å²) in [5, 5.41) is 18.5. The summed E-state index contributed by atoms with van der Waals surface area (Å²) in [6, 6.07) is 7.97. The zero-order valence-corrected chi connectivity index (χ0v) is 11.7. The van der Waals surface area contributed by atoms with E-state index in [0.717, 1.165) is 9.87 Å². The van der Waals surface area contributed by atoms with Crippen LogP contribution in [0.4, 0.5) is 0 Å². The summed E-state index contributed by atoms with van der Waals surface area (Å²) in [6.07, 6.45) is -0.648. The Balaban J connectivity index is 2.08. The van der Waals surface area contributed by atoms with Gasteiger partial charge in [0.25, 0.3) is 0 Å². The molecule has 0 saturated carbocycles. The largest absolute Gasteiger partial charge is 0.480 e. The Hall–Kier alpha value is -1.44. The maximum atomic E-state index is 12.2. The Morgan fingerprint density at radius 2 is 1.95 bits per heavy atom. The number of aliphatic carboxylic acids is 1. The van der Waals surface area contributed by atoms with Gasteiger partial charge in [-0.25, -0.2) is 8.42 Å². The minimum atomic E-state index is -3.69. The van der Waals surface area contributed by atoms with Crippen molar-refractivity contribution in [2.24, 2.45) is 0 Å². The molecule has 2 rings (SSSR count). The number of β-amino-alcohol motifs (C(OH)–C–C–N with tert-alkyl or cyclic N) is 1. The third-order valence-corrected chi connectivity index (χ3v) is 5.21. The molecule has 110 valence electrons. The molecule has 1 aromatic carbocycles. The summed E-state index contributed by atoms with van der Waals surface area (Å²) < 4.78 is 25.3. The minimum absolute atomic E-state index is 0.0557.